The molecule has 4 heteroatoms. The summed E-state index contributed by atoms with van der Waals surface area (Å²) in [4.78, 5) is 4.71. The minimum absolute atomic E-state index is 0.426. The van der Waals surface area contributed by atoms with Crippen molar-refractivity contribution in [2.75, 3.05) is 39.3 Å². The Hall–Kier alpha value is -0.860. The van der Waals surface area contributed by atoms with Gasteiger partial charge >= 0.3 is 0 Å². The standard InChI is InChI=1S/C16H21BrN2O/c1-2-3-7-18-8-10-19(11-9-18)13-16(20)14-5-4-6-15(17)12-14/h1,4-6,12,16,20H,3,7-11,13H2. The molecule has 0 spiro atoms. The predicted molar refractivity (Wildman–Crippen MR) is 85.4 cm³/mol. The van der Waals surface area contributed by atoms with Crippen LogP contribution in [0, 0.1) is 12.3 Å². The maximum atomic E-state index is 10.3. The van der Waals surface area contributed by atoms with Gasteiger partial charge in [-0.3, -0.25) is 9.80 Å². The van der Waals surface area contributed by atoms with E-state index < -0.39 is 6.10 Å². The molecule has 0 amide bonds. The first-order chi connectivity index (χ1) is 9.69. The molecular weight excluding hydrogens is 316 g/mol. The number of benzene rings is 1. The lowest BCUT2D eigenvalue weighted by Crippen LogP contribution is -2.47. The molecule has 1 atom stereocenters. The van der Waals surface area contributed by atoms with Crippen LogP contribution in [0.1, 0.15) is 18.1 Å². The van der Waals surface area contributed by atoms with E-state index in [4.69, 9.17) is 6.42 Å². The van der Waals surface area contributed by atoms with E-state index in [1.54, 1.807) is 0 Å². The van der Waals surface area contributed by atoms with Crippen LogP contribution in [0.3, 0.4) is 0 Å². The molecule has 0 aliphatic carbocycles. The van der Waals surface area contributed by atoms with Crippen LogP contribution in [0.2, 0.25) is 0 Å². The number of rotatable bonds is 5. The van der Waals surface area contributed by atoms with Gasteiger partial charge in [-0.1, -0.05) is 28.1 Å². The zero-order valence-electron chi connectivity index (χ0n) is 11.6. The Balaban J connectivity index is 1.79. The van der Waals surface area contributed by atoms with Crippen molar-refractivity contribution in [2.24, 2.45) is 0 Å². The van der Waals surface area contributed by atoms with Crippen molar-refractivity contribution in [3.8, 4) is 12.3 Å². The molecule has 1 aliphatic heterocycles. The molecule has 0 aromatic heterocycles. The molecule has 3 nitrogen and oxygen atoms in total. The summed E-state index contributed by atoms with van der Waals surface area (Å²) < 4.78 is 1.01. The number of hydrogen-bond donors (Lipinski definition) is 1. The predicted octanol–water partition coefficient (Wildman–Crippen LogP) is 2.12. The molecule has 108 valence electrons. The van der Waals surface area contributed by atoms with E-state index in [0.29, 0.717) is 6.54 Å². The van der Waals surface area contributed by atoms with E-state index in [2.05, 4.69) is 31.7 Å². The fourth-order valence-electron chi connectivity index (χ4n) is 2.48. The highest BCUT2D eigenvalue weighted by Crippen LogP contribution is 2.19. The Morgan fingerprint density at radius 3 is 2.60 bits per heavy atom. The minimum Gasteiger partial charge on any atom is -0.387 e. The van der Waals surface area contributed by atoms with E-state index in [1.807, 2.05) is 24.3 Å². The van der Waals surface area contributed by atoms with Crippen LogP contribution in [0.5, 0.6) is 0 Å². The van der Waals surface area contributed by atoms with Crippen molar-refractivity contribution < 1.29 is 5.11 Å². The maximum absolute atomic E-state index is 10.3. The molecule has 20 heavy (non-hydrogen) atoms. The maximum Gasteiger partial charge on any atom is 0.0917 e. The molecule has 1 aromatic rings. The first-order valence-electron chi connectivity index (χ1n) is 7.01. The van der Waals surface area contributed by atoms with Crippen LogP contribution in [-0.4, -0.2) is 54.2 Å². The monoisotopic (exact) mass is 336 g/mol. The van der Waals surface area contributed by atoms with E-state index in [-0.39, 0.29) is 0 Å². The van der Waals surface area contributed by atoms with Crippen LogP contribution in [0.15, 0.2) is 28.7 Å². The molecule has 1 aliphatic rings. The average Bonchev–Trinajstić information content (AvgIpc) is 2.46. The normalized spacial score (nSPS) is 18.6. The second-order valence-corrected chi connectivity index (χ2v) is 6.08. The average molecular weight is 337 g/mol. The Morgan fingerprint density at radius 1 is 1.25 bits per heavy atom. The molecule has 1 saturated heterocycles. The zero-order chi connectivity index (χ0) is 14.4. The number of aliphatic hydroxyl groups is 1. The largest absolute Gasteiger partial charge is 0.387 e. The van der Waals surface area contributed by atoms with Gasteiger partial charge in [0.2, 0.25) is 0 Å². The number of hydrogen-bond acceptors (Lipinski definition) is 3. The number of nitrogens with zero attached hydrogens (tertiary/aromatic N) is 2. The molecule has 1 fully saturated rings. The van der Waals surface area contributed by atoms with Gasteiger partial charge in [0.25, 0.3) is 0 Å². The first kappa shape index (κ1) is 15.5. The van der Waals surface area contributed by atoms with Crippen molar-refractivity contribution in [2.45, 2.75) is 12.5 Å². The summed E-state index contributed by atoms with van der Waals surface area (Å²) in [6, 6.07) is 7.88. The topological polar surface area (TPSA) is 26.7 Å². The highest BCUT2D eigenvalue weighted by Gasteiger charge is 2.19. The van der Waals surface area contributed by atoms with Gasteiger partial charge in [-0.05, 0) is 17.7 Å². The third kappa shape index (κ3) is 4.60. The molecule has 1 heterocycles. The van der Waals surface area contributed by atoms with Gasteiger partial charge in [-0.25, -0.2) is 0 Å². The van der Waals surface area contributed by atoms with Gasteiger partial charge in [-0.15, -0.1) is 12.3 Å². The molecule has 0 saturated carbocycles. The van der Waals surface area contributed by atoms with Gasteiger partial charge in [0.15, 0.2) is 0 Å². The SMILES string of the molecule is C#CCCN1CCN(CC(O)c2cccc(Br)c2)CC1. The molecule has 0 bridgehead atoms. The third-order valence-corrected chi connectivity index (χ3v) is 4.20. The summed E-state index contributed by atoms with van der Waals surface area (Å²) in [5.41, 5.74) is 0.967. The summed E-state index contributed by atoms with van der Waals surface area (Å²) in [5, 5.41) is 10.3. The lowest BCUT2D eigenvalue weighted by atomic mass is 10.1. The number of piperazine rings is 1. The van der Waals surface area contributed by atoms with E-state index >= 15 is 0 Å². The fourth-order valence-corrected chi connectivity index (χ4v) is 2.90. The van der Waals surface area contributed by atoms with E-state index in [1.165, 1.54) is 0 Å². The zero-order valence-corrected chi connectivity index (χ0v) is 13.2. The first-order valence-corrected chi connectivity index (χ1v) is 7.80. The number of terminal acetylenes is 1. The van der Waals surface area contributed by atoms with E-state index in [9.17, 15) is 5.11 Å². The molecule has 1 aromatic carbocycles. The summed E-state index contributed by atoms with van der Waals surface area (Å²) in [6.45, 7) is 5.74. The fraction of sp³-hybridized carbons (Fsp3) is 0.500. The molecule has 2 rings (SSSR count). The summed E-state index contributed by atoms with van der Waals surface area (Å²) in [6.07, 6.45) is 5.69. The highest BCUT2D eigenvalue weighted by atomic mass is 79.9. The van der Waals surface area contributed by atoms with Crippen LogP contribution >= 0.6 is 15.9 Å². The molecule has 1 N–H and O–H groups in total. The van der Waals surface area contributed by atoms with Crippen LogP contribution in [-0.2, 0) is 0 Å². The number of aliphatic hydroxyl groups excluding tert-OH is 1. The summed E-state index contributed by atoms with van der Waals surface area (Å²) >= 11 is 3.44. The highest BCUT2D eigenvalue weighted by molar-refractivity contribution is 9.10. The van der Waals surface area contributed by atoms with Crippen LogP contribution in [0.4, 0.5) is 0 Å². The van der Waals surface area contributed by atoms with Crippen molar-refractivity contribution in [3.63, 3.8) is 0 Å². The summed E-state index contributed by atoms with van der Waals surface area (Å²) in [5.74, 6) is 2.69. The van der Waals surface area contributed by atoms with Crippen molar-refractivity contribution in [1.29, 1.82) is 0 Å². The Bertz CT molecular complexity index is 464. The number of β-amino-alcohol motifs (C(OH)–C–C–N with tert-alkyl or cyclic N) is 1. The Kier molecular flexibility index (Phi) is 6.06. The Morgan fingerprint density at radius 2 is 1.95 bits per heavy atom. The Labute approximate surface area is 129 Å². The van der Waals surface area contributed by atoms with Gasteiger partial charge in [-0.2, -0.15) is 0 Å². The second-order valence-electron chi connectivity index (χ2n) is 5.17. The lowest BCUT2D eigenvalue weighted by molar-refractivity contribution is 0.0733. The summed E-state index contributed by atoms with van der Waals surface area (Å²) in [7, 11) is 0. The smallest absolute Gasteiger partial charge is 0.0917 e. The number of halogens is 1. The van der Waals surface area contributed by atoms with Crippen LogP contribution < -0.4 is 0 Å². The van der Waals surface area contributed by atoms with Crippen molar-refractivity contribution in [1.82, 2.24) is 9.80 Å². The molecule has 0 radical (unpaired) electrons. The minimum atomic E-state index is -0.426. The second kappa shape index (κ2) is 7.80. The van der Waals surface area contributed by atoms with Crippen LogP contribution in [0.25, 0.3) is 0 Å². The van der Waals surface area contributed by atoms with Gasteiger partial charge in [0.05, 0.1) is 6.10 Å². The van der Waals surface area contributed by atoms with Gasteiger partial charge in [0.1, 0.15) is 0 Å². The lowest BCUT2D eigenvalue weighted by Gasteiger charge is -2.35. The third-order valence-electron chi connectivity index (χ3n) is 3.70. The van der Waals surface area contributed by atoms with E-state index in [0.717, 1.165) is 49.2 Å². The van der Waals surface area contributed by atoms with Crippen molar-refractivity contribution >= 4 is 15.9 Å². The molecular formula is C16H21BrN2O. The van der Waals surface area contributed by atoms with Gasteiger partial charge in [0, 0.05) is 50.2 Å². The molecule has 1 unspecified atom stereocenters. The van der Waals surface area contributed by atoms with Crippen molar-refractivity contribution in [3.05, 3.63) is 34.3 Å². The quantitative estimate of drug-likeness (QED) is 0.834. The van der Waals surface area contributed by atoms with Gasteiger partial charge < -0.3 is 5.11 Å².